The van der Waals surface area contributed by atoms with Crippen LogP contribution < -0.4 is 5.32 Å². The summed E-state index contributed by atoms with van der Waals surface area (Å²) in [5, 5.41) is 5.57. The zero-order valence-electron chi connectivity index (χ0n) is 8.58. The number of amides is 1. The van der Waals surface area contributed by atoms with Gasteiger partial charge < -0.3 is 0 Å². The molecule has 3 aromatic rings. The molecule has 1 N–H and O–H groups in total. The molecule has 0 fully saturated rings. The number of anilines is 1. The Morgan fingerprint density at radius 1 is 1.29 bits per heavy atom. The molecule has 0 spiro atoms. The van der Waals surface area contributed by atoms with Crippen LogP contribution in [0.3, 0.4) is 0 Å². The van der Waals surface area contributed by atoms with Gasteiger partial charge in [0.1, 0.15) is 0 Å². The van der Waals surface area contributed by atoms with Gasteiger partial charge in [0.25, 0.3) is 5.91 Å². The molecular formula is C11H7N3OS2. The average molecular weight is 261 g/mol. The quantitative estimate of drug-likeness (QED) is 0.771. The molecule has 0 aliphatic carbocycles. The lowest BCUT2D eigenvalue weighted by atomic mass is 10.3. The van der Waals surface area contributed by atoms with Gasteiger partial charge in [-0.1, -0.05) is 23.5 Å². The summed E-state index contributed by atoms with van der Waals surface area (Å²) in [6.07, 6.45) is 1.61. The van der Waals surface area contributed by atoms with Gasteiger partial charge in [-0.15, -0.1) is 11.3 Å². The Morgan fingerprint density at radius 3 is 2.94 bits per heavy atom. The van der Waals surface area contributed by atoms with Gasteiger partial charge >= 0.3 is 0 Å². The number of carbonyl (C=O) groups is 1. The second-order valence-corrected chi connectivity index (χ2v) is 5.20. The van der Waals surface area contributed by atoms with E-state index in [1.165, 1.54) is 22.7 Å². The predicted octanol–water partition coefficient (Wildman–Crippen LogP) is 3.01. The van der Waals surface area contributed by atoms with Crippen LogP contribution >= 0.6 is 22.7 Å². The molecule has 0 aliphatic heterocycles. The van der Waals surface area contributed by atoms with Gasteiger partial charge in [0.15, 0.2) is 10.1 Å². The molecule has 1 aromatic carbocycles. The summed E-state index contributed by atoms with van der Waals surface area (Å²) in [6.45, 7) is 0. The van der Waals surface area contributed by atoms with E-state index >= 15 is 0 Å². The number of para-hydroxylation sites is 1. The molecule has 0 atom stereocenters. The highest BCUT2D eigenvalue weighted by molar-refractivity contribution is 7.22. The summed E-state index contributed by atoms with van der Waals surface area (Å²) in [7, 11) is 0. The van der Waals surface area contributed by atoms with E-state index in [0.29, 0.717) is 10.1 Å². The van der Waals surface area contributed by atoms with Crippen molar-refractivity contribution < 1.29 is 4.79 Å². The maximum absolute atomic E-state index is 11.8. The van der Waals surface area contributed by atoms with E-state index in [0.717, 1.165) is 10.2 Å². The molecule has 2 aromatic heterocycles. The zero-order valence-corrected chi connectivity index (χ0v) is 10.2. The molecule has 0 saturated heterocycles. The molecule has 0 bridgehead atoms. The van der Waals surface area contributed by atoms with Gasteiger partial charge in [-0.05, 0) is 12.1 Å². The van der Waals surface area contributed by atoms with Crippen LogP contribution in [0.5, 0.6) is 0 Å². The van der Waals surface area contributed by atoms with Crippen molar-refractivity contribution in [1.82, 2.24) is 9.97 Å². The van der Waals surface area contributed by atoms with E-state index < -0.39 is 0 Å². The Bertz CT molecular complexity index is 627. The number of fused-ring (bicyclic) bond motifs is 1. The van der Waals surface area contributed by atoms with Crippen LogP contribution in [-0.4, -0.2) is 15.9 Å². The van der Waals surface area contributed by atoms with Gasteiger partial charge in [-0.25, -0.2) is 9.97 Å². The highest BCUT2D eigenvalue weighted by Gasteiger charge is 2.11. The normalized spacial score (nSPS) is 10.6. The molecule has 4 nitrogen and oxygen atoms in total. The molecule has 0 radical (unpaired) electrons. The lowest BCUT2D eigenvalue weighted by molar-refractivity contribution is 0.102. The minimum atomic E-state index is -0.209. The van der Waals surface area contributed by atoms with E-state index in [2.05, 4.69) is 15.3 Å². The number of nitrogens with zero attached hydrogens (tertiary/aromatic N) is 2. The summed E-state index contributed by atoms with van der Waals surface area (Å²) in [5.74, 6) is -0.209. The lowest BCUT2D eigenvalue weighted by Crippen LogP contribution is -2.10. The molecule has 84 valence electrons. The minimum Gasteiger partial charge on any atom is -0.296 e. The van der Waals surface area contributed by atoms with Gasteiger partial charge in [0.2, 0.25) is 0 Å². The summed E-state index contributed by atoms with van der Waals surface area (Å²) < 4.78 is 1.06. The van der Waals surface area contributed by atoms with Crippen molar-refractivity contribution in [1.29, 1.82) is 0 Å². The maximum Gasteiger partial charge on any atom is 0.286 e. The van der Waals surface area contributed by atoms with Crippen LogP contribution in [0.1, 0.15) is 9.80 Å². The molecule has 0 saturated carbocycles. The van der Waals surface area contributed by atoms with Crippen LogP contribution in [0.15, 0.2) is 35.8 Å². The first-order valence-corrected chi connectivity index (χ1v) is 6.59. The topological polar surface area (TPSA) is 54.9 Å². The molecule has 3 rings (SSSR count). The van der Waals surface area contributed by atoms with E-state index in [1.54, 1.807) is 11.6 Å². The first-order valence-electron chi connectivity index (χ1n) is 4.89. The van der Waals surface area contributed by atoms with Crippen LogP contribution in [0.4, 0.5) is 5.13 Å². The van der Waals surface area contributed by atoms with E-state index in [-0.39, 0.29) is 5.91 Å². The van der Waals surface area contributed by atoms with Crippen molar-refractivity contribution in [3.05, 3.63) is 40.8 Å². The number of hydrogen-bond donors (Lipinski definition) is 1. The second kappa shape index (κ2) is 4.23. The van der Waals surface area contributed by atoms with Gasteiger partial charge in [0, 0.05) is 11.6 Å². The molecular weight excluding hydrogens is 254 g/mol. The molecule has 17 heavy (non-hydrogen) atoms. The predicted molar refractivity (Wildman–Crippen MR) is 69.7 cm³/mol. The fourth-order valence-corrected chi connectivity index (χ4v) is 2.80. The fourth-order valence-electron chi connectivity index (χ4n) is 1.41. The van der Waals surface area contributed by atoms with Crippen LogP contribution in [0, 0.1) is 0 Å². The number of benzene rings is 1. The first-order chi connectivity index (χ1) is 8.33. The van der Waals surface area contributed by atoms with Gasteiger partial charge in [0.05, 0.1) is 10.2 Å². The Kier molecular flexibility index (Phi) is 2.58. The number of nitrogens with one attached hydrogen (secondary N) is 1. The highest BCUT2D eigenvalue weighted by atomic mass is 32.1. The number of hydrogen-bond acceptors (Lipinski definition) is 5. The Labute approximate surface area is 105 Å². The minimum absolute atomic E-state index is 0.209. The molecule has 1 amide bonds. The van der Waals surface area contributed by atoms with E-state index in [4.69, 9.17) is 0 Å². The third-order valence-corrected chi connectivity index (χ3v) is 3.86. The fraction of sp³-hybridized carbons (Fsp3) is 0. The Balaban J connectivity index is 1.88. The molecule has 6 heteroatoms. The number of thiazole rings is 2. The van der Waals surface area contributed by atoms with Crippen LogP contribution in [-0.2, 0) is 0 Å². The van der Waals surface area contributed by atoms with Crippen LogP contribution in [0.25, 0.3) is 10.2 Å². The van der Waals surface area contributed by atoms with Crippen molar-refractivity contribution >= 4 is 43.9 Å². The van der Waals surface area contributed by atoms with Crippen molar-refractivity contribution in [3.8, 4) is 0 Å². The standard InChI is InChI=1S/C11H7N3OS2/c15-9(10-12-5-6-16-10)14-11-13-7-3-1-2-4-8(7)17-11/h1-6H,(H,13,14,15). The summed E-state index contributed by atoms with van der Waals surface area (Å²) >= 11 is 2.77. The van der Waals surface area contributed by atoms with Crippen molar-refractivity contribution in [2.45, 2.75) is 0 Å². The van der Waals surface area contributed by atoms with Gasteiger partial charge in [-0.3, -0.25) is 10.1 Å². The largest absolute Gasteiger partial charge is 0.296 e. The number of carbonyl (C=O) groups excluding carboxylic acids is 1. The Hall–Kier alpha value is -1.79. The molecule has 0 unspecified atom stereocenters. The second-order valence-electron chi connectivity index (χ2n) is 3.28. The van der Waals surface area contributed by atoms with E-state index in [1.807, 2.05) is 24.3 Å². The number of rotatable bonds is 2. The van der Waals surface area contributed by atoms with E-state index in [9.17, 15) is 4.79 Å². The summed E-state index contributed by atoms with van der Waals surface area (Å²) in [6, 6.07) is 7.78. The monoisotopic (exact) mass is 261 g/mol. The molecule has 0 aliphatic rings. The SMILES string of the molecule is O=C(Nc1nc2ccccc2s1)c1nccs1. The number of aromatic nitrogens is 2. The lowest BCUT2D eigenvalue weighted by Gasteiger charge is -1.95. The van der Waals surface area contributed by atoms with Crippen LogP contribution in [0.2, 0.25) is 0 Å². The summed E-state index contributed by atoms with van der Waals surface area (Å²) in [5.41, 5.74) is 0.895. The smallest absolute Gasteiger partial charge is 0.286 e. The Morgan fingerprint density at radius 2 is 2.18 bits per heavy atom. The first kappa shape index (κ1) is 10.4. The summed E-state index contributed by atoms with van der Waals surface area (Å²) in [4.78, 5) is 20.0. The van der Waals surface area contributed by atoms with Crippen molar-refractivity contribution in [2.24, 2.45) is 0 Å². The maximum atomic E-state index is 11.8. The third-order valence-electron chi connectivity index (χ3n) is 2.14. The average Bonchev–Trinajstić information content (AvgIpc) is 2.97. The third kappa shape index (κ3) is 2.04. The van der Waals surface area contributed by atoms with Gasteiger partial charge in [-0.2, -0.15) is 0 Å². The van der Waals surface area contributed by atoms with Crippen molar-refractivity contribution in [3.63, 3.8) is 0 Å². The van der Waals surface area contributed by atoms with Crippen molar-refractivity contribution in [2.75, 3.05) is 5.32 Å². The molecule has 2 heterocycles. The zero-order chi connectivity index (χ0) is 11.7. The highest BCUT2D eigenvalue weighted by Crippen LogP contribution is 2.25.